The van der Waals surface area contributed by atoms with E-state index < -0.39 is 0 Å². The van der Waals surface area contributed by atoms with Crippen molar-refractivity contribution in [1.82, 2.24) is 0 Å². The second-order valence-corrected chi connectivity index (χ2v) is 6.48. The summed E-state index contributed by atoms with van der Waals surface area (Å²) in [6.45, 7) is 2.17. The number of hydrogen-bond donors (Lipinski definition) is 0. The first-order valence-electron chi connectivity index (χ1n) is 6.03. The van der Waals surface area contributed by atoms with E-state index in [1.165, 1.54) is 29.0 Å². The lowest BCUT2D eigenvalue weighted by Crippen LogP contribution is -1.96. The van der Waals surface area contributed by atoms with E-state index in [0.717, 1.165) is 29.9 Å². The molecule has 3 heteroatoms. The van der Waals surface area contributed by atoms with Gasteiger partial charge < -0.3 is 0 Å². The molecule has 2 heterocycles. The van der Waals surface area contributed by atoms with Gasteiger partial charge in [-0.25, -0.2) is 0 Å². The first kappa shape index (κ1) is 12.2. The lowest BCUT2D eigenvalue weighted by molar-refractivity contribution is 0.0983. The van der Waals surface area contributed by atoms with E-state index >= 15 is 0 Å². The summed E-state index contributed by atoms with van der Waals surface area (Å²) in [6.07, 6.45) is 5.30. The van der Waals surface area contributed by atoms with Crippen molar-refractivity contribution in [1.29, 1.82) is 0 Å². The van der Waals surface area contributed by atoms with Gasteiger partial charge in [0.15, 0.2) is 5.78 Å². The number of carbonyl (C=O) groups excluding carboxylic acids is 1. The van der Waals surface area contributed by atoms with Crippen LogP contribution >= 0.6 is 23.1 Å². The van der Waals surface area contributed by atoms with Gasteiger partial charge in [0.1, 0.15) is 0 Å². The van der Waals surface area contributed by atoms with Crippen LogP contribution in [0, 0.1) is 0 Å². The lowest BCUT2D eigenvalue weighted by Gasteiger charge is -2.08. The number of ketones is 1. The Kier molecular flexibility index (Phi) is 4.47. The normalized spacial score (nSPS) is 14.8. The minimum absolute atomic E-state index is 0.359. The molecule has 0 unspecified atom stereocenters. The molecule has 0 fully saturated rings. The summed E-state index contributed by atoms with van der Waals surface area (Å²) in [5, 5.41) is 0. The zero-order valence-electron chi connectivity index (χ0n) is 9.75. The van der Waals surface area contributed by atoms with Crippen LogP contribution in [0.3, 0.4) is 0 Å². The molecule has 1 aliphatic rings. The van der Waals surface area contributed by atoms with Gasteiger partial charge in [-0.05, 0) is 30.2 Å². The van der Waals surface area contributed by atoms with E-state index in [2.05, 4.69) is 13.0 Å². The maximum atomic E-state index is 11.9. The number of thiophene rings is 1. The van der Waals surface area contributed by atoms with Crippen molar-refractivity contribution < 1.29 is 4.79 Å². The molecule has 0 bridgehead atoms. The largest absolute Gasteiger partial charge is 0.293 e. The standard InChI is InChI=1S/C13H18OS2/c1-2-3-4-5-11(14)13-8-10-9-15-7-6-12(10)16-13/h8H,2-7,9H2,1H3. The van der Waals surface area contributed by atoms with Crippen LogP contribution in [-0.2, 0) is 12.2 Å². The molecule has 0 N–H and O–H groups in total. The van der Waals surface area contributed by atoms with Crippen molar-refractivity contribution >= 4 is 28.9 Å². The van der Waals surface area contributed by atoms with E-state index in [1.54, 1.807) is 11.3 Å². The van der Waals surface area contributed by atoms with Crippen LogP contribution in [0.5, 0.6) is 0 Å². The Morgan fingerprint density at radius 1 is 1.44 bits per heavy atom. The summed E-state index contributed by atoms with van der Waals surface area (Å²) < 4.78 is 0. The Morgan fingerprint density at radius 3 is 3.06 bits per heavy atom. The monoisotopic (exact) mass is 254 g/mol. The Labute approximate surface area is 106 Å². The first-order valence-corrected chi connectivity index (χ1v) is 8.01. The molecule has 1 aromatic rings. The van der Waals surface area contributed by atoms with E-state index in [0.29, 0.717) is 5.78 Å². The number of thioether (sulfide) groups is 1. The number of carbonyl (C=O) groups is 1. The second-order valence-electron chi connectivity index (χ2n) is 4.24. The summed E-state index contributed by atoms with van der Waals surface area (Å²) in [5.74, 6) is 2.68. The predicted octanol–water partition coefficient (Wildman–Crippen LogP) is 4.30. The van der Waals surface area contributed by atoms with Crippen molar-refractivity contribution in [2.45, 2.75) is 44.8 Å². The minimum atomic E-state index is 0.359. The van der Waals surface area contributed by atoms with Crippen LogP contribution in [0.4, 0.5) is 0 Å². The molecule has 0 radical (unpaired) electrons. The average Bonchev–Trinajstić information content (AvgIpc) is 2.73. The van der Waals surface area contributed by atoms with Crippen LogP contribution in [0.25, 0.3) is 0 Å². The fourth-order valence-electron chi connectivity index (χ4n) is 1.94. The van der Waals surface area contributed by atoms with Crippen molar-refractivity contribution in [3.63, 3.8) is 0 Å². The van der Waals surface area contributed by atoms with E-state index in [1.807, 2.05) is 11.8 Å². The number of hydrogen-bond acceptors (Lipinski definition) is 3. The van der Waals surface area contributed by atoms with Gasteiger partial charge in [0.2, 0.25) is 0 Å². The third-order valence-corrected chi connectivity index (χ3v) is 5.20. The van der Waals surface area contributed by atoms with Crippen LogP contribution in [0.1, 0.15) is 52.7 Å². The quantitative estimate of drug-likeness (QED) is 0.575. The Balaban J connectivity index is 1.98. The first-order chi connectivity index (χ1) is 7.81. The molecule has 1 aliphatic heterocycles. The van der Waals surface area contributed by atoms with Gasteiger partial charge in [-0.1, -0.05) is 19.8 Å². The van der Waals surface area contributed by atoms with Gasteiger partial charge in [-0.2, -0.15) is 11.8 Å². The predicted molar refractivity (Wildman–Crippen MR) is 72.7 cm³/mol. The highest BCUT2D eigenvalue weighted by Gasteiger charge is 2.16. The van der Waals surface area contributed by atoms with Gasteiger partial charge in [0.05, 0.1) is 4.88 Å². The summed E-state index contributed by atoms with van der Waals surface area (Å²) in [5.41, 5.74) is 1.42. The van der Waals surface area contributed by atoms with Crippen LogP contribution < -0.4 is 0 Å². The molecule has 16 heavy (non-hydrogen) atoms. The molecule has 0 saturated carbocycles. The Bertz CT molecular complexity index is 345. The van der Waals surface area contributed by atoms with E-state index in [-0.39, 0.29) is 0 Å². The molecule has 1 aromatic heterocycles. The molecule has 0 atom stereocenters. The Hall–Kier alpha value is -0.280. The zero-order chi connectivity index (χ0) is 11.4. The fourth-order valence-corrected chi connectivity index (χ4v) is 4.28. The molecule has 0 aromatic carbocycles. The smallest absolute Gasteiger partial charge is 0.172 e. The molecule has 1 nitrogen and oxygen atoms in total. The summed E-state index contributed by atoms with van der Waals surface area (Å²) in [6, 6.07) is 2.14. The van der Waals surface area contributed by atoms with Crippen molar-refractivity contribution in [2.24, 2.45) is 0 Å². The minimum Gasteiger partial charge on any atom is -0.293 e. The van der Waals surface area contributed by atoms with Gasteiger partial charge in [0.25, 0.3) is 0 Å². The average molecular weight is 254 g/mol. The topological polar surface area (TPSA) is 17.1 Å². The zero-order valence-corrected chi connectivity index (χ0v) is 11.4. The highest BCUT2D eigenvalue weighted by atomic mass is 32.2. The highest BCUT2D eigenvalue weighted by molar-refractivity contribution is 7.98. The fraction of sp³-hybridized carbons (Fsp3) is 0.615. The molecule has 0 saturated heterocycles. The van der Waals surface area contributed by atoms with Crippen LogP contribution in [0.15, 0.2) is 6.07 Å². The number of fused-ring (bicyclic) bond motifs is 1. The summed E-state index contributed by atoms with van der Waals surface area (Å²) in [4.78, 5) is 14.4. The van der Waals surface area contributed by atoms with Gasteiger partial charge in [-0.3, -0.25) is 4.79 Å². The van der Waals surface area contributed by atoms with Crippen molar-refractivity contribution in [2.75, 3.05) is 5.75 Å². The maximum Gasteiger partial charge on any atom is 0.172 e. The van der Waals surface area contributed by atoms with Gasteiger partial charge >= 0.3 is 0 Å². The number of unbranched alkanes of at least 4 members (excludes halogenated alkanes) is 2. The van der Waals surface area contributed by atoms with E-state index in [9.17, 15) is 4.79 Å². The molecule has 0 amide bonds. The number of Topliss-reactive ketones (excluding diaryl/α,β-unsaturated/α-hetero) is 1. The number of rotatable bonds is 5. The molecule has 0 aliphatic carbocycles. The molecular weight excluding hydrogens is 236 g/mol. The maximum absolute atomic E-state index is 11.9. The van der Waals surface area contributed by atoms with Gasteiger partial charge in [-0.15, -0.1) is 11.3 Å². The number of aryl methyl sites for hydroxylation is 1. The summed E-state index contributed by atoms with van der Waals surface area (Å²) >= 11 is 3.72. The van der Waals surface area contributed by atoms with Crippen LogP contribution in [-0.4, -0.2) is 11.5 Å². The summed E-state index contributed by atoms with van der Waals surface area (Å²) in [7, 11) is 0. The highest BCUT2D eigenvalue weighted by Crippen LogP contribution is 2.32. The van der Waals surface area contributed by atoms with Gasteiger partial charge in [0, 0.05) is 17.1 Å². The lowest BCUT2D eigenvalue weighted by atomic mass is 10.1. The molecule has 0 spiro atoms. The molecular formula is C13H18OS2. The Morgan fingerprint density at radius 2 is 2.31 bits per heavy atom. The second kappa shape index (κ2) is 5.87. The molecule has 88 valence electrons. The van der Waals surface area contributed by atoms with Crippen molar-refractivity contribution in [3.8, 4) is 0 Å². The SMILES string of the molecule is CCCCCC(=O)c1cc2c(s1)CCSC2. The van der Waals surface area contributed by atoms with E-state index in [4.69, 9.17) is 0 Å². The van der Waals surface area contributed by atoms with Crippen LogP contribution in [0.2, 0.25) is 0 Å². The molecule has 2 rings (SSSR count). The third-order valence-electron chi connectivity index (χ3n) is 2.91. The third kappa shape index (κ3) is 2.89. The van der Waals surface area contributed by atoms with Crippen molar-refractivity contribution in [3.05, 3.63) is 21.4 Å².